The van der Waals surface area contributed by atoms with Gasteiger partial charge in [0.2, 0.25) is 5.95 Å². The van der Waals surface area contributed by atoms with Gasteiger partial charge in [-0.2, -0.15) is 0 Å². The van der Waals surface area contributed by atoms with Crippen molar-refractivity contribution in [2.75, 3.05) is 12.3 Å². The summed E-state index contributed by atoms with van der Waals surface area (Å²) < 4.78 is 7.58. The van der Waals surface area contributed by atoms with Gasteiger partial charge in [-0.1, -0.05) is 12.1 Å². The fourth-order valence-corrected chi connectivity index (χ4v) is 2.41. The molecule has 0 unspecified atom stereocenters. The normalized spacial score (nSPS) is 11.0. The number of benzene rings is 1. The first-order valence-corrected chi connectivity index (χ1v) is 6.98. The zero-order valence-corrected chi connectivity index (χ0v) is 12.2. The van der Waals surface area contributed by atoms with Crippen molar-refractivity contribution in [2.24, 2.45) is 0 Å². The molecule has 0 amide bonds. The van der Waals surface area contributed by atoms with Crippen LogP contribution in [0, 0.1) is 6.92 Å². The van der Waals surface area contributed by atoms with Crippen molar-refractivity contribution < 1.29 is 4.74 Å². The minimum Gasteiger partial charge on any atom is -0.492 e. The van der Waals surface area contributed by atoms with Crippen LogP contribution in [0.25, 0.3) is 11.0 Å². The average Bonchev–Trinajstić information content (AvgIpc) is 2.79. The van der Waals surface area contributed by atoms with Crippen molar-refractivity contribution in [1.82, 2.24) is 14.5 Å². The zero-order valence-electron chi connectivity index (χ0n) is 12.2. The molecule has 0 aliphatic rings. The van der Waals surface area contributed by atoms with Crippen LogP contribution in [0.4, 0.5) is 5.95 Å². The SMILES string of the molecule is CCOc1cccc2c1nc(N)n2Cc1ncccc1C. The summed E-state index contributed by atoms with van der Waals surface area (Å²) in [4.78, 5) is 8.87. The Morgan fingerprint density at radius 1 is 1.24 bits per heavy atom. The third-order valence-corrected chi connectivity index (χ3v) is 3.50. The van der Waals surface area contributed by atoms with Gasteiger partial charge in [-0.3, -0.25) is 4.98 Å². The molecule has 0 bridgehead atoms. The second-order valence-corrected chi connectivity index (χ2v) is 4.88. The third kappa shape index (κ3) is 2.42. The first-order chi connectivity index (χ1) is 10.2. The highest BCUT2D eigenvalue weighted by Gasteiger charge is 2.13. The van der Waals surface area contributed by atoms with E-state index < -0.39 is 0 Å². The average molecular weight is 282 g/mol. The standard InChI is InChI=1S/C16H18N4O/c1-3-21-14-8-4-7-13-15(14)19-16(17)20(13)10-12-11(2)6-5-9-18-12/h4-9H,3,10H2,1-2H3,(H2,17,19). The number of pyridine rings is 1. The zero-order chi connectivity index (χ0) is 14.8. The van der Waals surface area contributed by atoms with E-state index in [1.54, 1.807) is 6.20 Å². The number of hydrogen-bond donors (Lipinski definition) is 1. The predicted molar refractivity (Wildman–Crippen MR) is 83.4 cm³/mol. The topological polar surface area (TPSA) is 66.0 Å². The molecule has 0 atom stereocenters. The molecule has 5 nitrogen and oxygen atoms in total. The lowest BCUT2D eigenvalue weighted by atomic mass is 10.2. The number of nitrogens with two attached hydrogens (primary N) is 1. The number of hydrogen-bond acceptors (Lipinski definition) is 4. The number of anilines is 1. The number of para-hydroxylation sites is 1. The maximum Gasteiger partial charge on any atom is 0.201 e. The molecule has 0 fully saturated rings. The smallest absolute Gasteiger partial charge is 0.201 e. The third-order valence-electron chi connectivity index (χ3n) is 3.50. The molecule has 3 rings (SSSR count). The van der Waals surface area contributed by atoms with Gasteiger partial charge in [0.15, 0.2) is 0 Å². The fraction of sp³-hybridized carbons (Fsp3) is 0.250. The van der Waals surface area contributed by atoms with E-state index in [-0.39, 0.29) is 0 Å². The van der Waals surface area contributed by atoms with E-state index in [1.165, 1.54) is 0 Å². The summed E-state index contributed by atoms with van der Waals surface area (Å²) in [5.41, 5.74) is 9.97. The summed E-state index contributed by atoms with van der Waals surface area (Å²) in [5.74, 6) is 1.24. The summed E-state index contributed by atoms with van der Waals surface area (Å²) in [5, 5.41) is 0. The summed E-state index contributed by atoms with van der Waals surface area (Å²) in [7, 11) is 0. The van der Waals surface area contributed by atoms with Crippen molar-refractivity contribution in [1.29, 1.82) is 0 Å². The van der Waals surface area contributed by atoms with Gasteiger partial charge in [-0.25, -0.2) is 4.98 Å². The van der Waals surface area contributed by atoms with Crippen LogP contribution in [0.1, 0.15) is 18.2 Å². The van der Waals surface area contributed by atoms with Gasteiger partial charge in [0.1, 0.15) is 11.3 Å². The highest BCUT2D eigenvalue weighted by atomic mass is 16.5. The molecule has 0 aliphatic carbocycles. The van der Waals surface area contributed by atoms with E-state index in [0.717, 1.165) is 28.0 Å². The van der Waals surface area contributed by atoms with Crippen LogP contribution in [0.2, 0.25) is 0 Å². The number of rotatable bonds is 4. The number of fused-ring (bicyclic) bond motifs is 1. The van der Waals surface area contributed by atoms with E-state index in [0.29, 0.717) is 19.1 Å². The number of nitrogens with zero attached hydrogens (tertiary/aromatic N) is 3. The van der Waals surface area contributed by atoms with E-state index >= 15 is 0 Å². The Balaban J connectivity index is 2.09. The summed E-state index contributed by atoms with van der Waals surface area (Å²) in [6.07, 6.45) is 1.79. The second-order valence-electron chi connectivity index (χ2n) is 4.88. The molecule has 0 saturated heterocycles. The second kappa shape index (κ2) is 5.44. The molecule has 108 valence electrons. The lowest BCUT2D eigenvalue weighted by molar-refractivity contribution is 0.343. The number of aryl methyl sites for hydroxylation is 1. The predicted octanol–water partition coefficient (Wildman–Crippen LogP) is 2.77. The largest absolute Gasteiger partial charge is 0.492 e. The van der Waals surface area contributed by atoms with Gasteiger partial charge in [-0.05, 0) is 37.6 Å². The van der Waals surface area contributed by atoms with E-state index in [4.69, 9.17) is 10.5 Å². The van der Waals surface area contributed by atoms with Gasteiger partial charge >= 0.3 is 0 Å². The lowest BCUT2D eigenvalue weighted by Gasteiger charge is -2.08. The summed E-state index contributed by atoms with van der Waals surface area (Å²) >= 11 is 0. The highest BCUT2D eigenvalue weighted by Crippen LogP contribution is 2.27. The van der Waals surface area contributed by atoms with E-state index in [2.05, 4.69) is 9.97 Å². The van der Waals surface area contributed by atoms with E-state index in [9.17, 15) is 0 Å². The Morgan fingerprint density at radius 2 is 2.10 bits per heavy atom. The molecule has 5 heteroatoms. The van der Waals surface area contributed by atoms with Crippen LogP contribution < -0.4 is 10.5 Å². The first-order valence-electron chi connectivity index (χ1n) is 6.98. The first kappa shape index (κ1) is 13.4. The van der Waals surface area contributed by atoms with Crippen molar-refractivity contribution in [3.63, 3.8) is 0 Å². The molecule has 0 spiro atoms. The van der Waals surface area contributed by atoms with Crippen LogP contribution in [0.5, 0.6) is 5.75 Å². The van der Waals surface area contributed by atoms with Crippen molar-refractivity contribution in [3.8, 4) is 5.75 Å². The maximum absolute atomic E-state index is 6.08. The van der Waals surface area contributed by atoms with Gasteiger partial charge in [0.05, 0.1) is 24.4 Å². The number of aromatic nitrogens is 3. The Labute approximate surface area is 123 Å². The molecule has 0 saturated carbocycles. The molecule has 1 aromatic carbocycles. The molecule has 2 N–H and O–H groups in total. The van der Waals surface area contributed by atoms with Crippen LogP contribution in [-0.4, -0.2) is 21.1 Å². The number of ether oxygens (including phenoxy) is 1. The van der Waals surface area contributed by atoms with Gasteiger partial charge in [-0.15, -0.1) is 0 Å². The summed E-state index contributed by atoms with van der Waals surface area (Å²) in [6, 6.07) is 9.84. The monoisotopic (exact) mass is 282 g/mol. The quantitative estimate of drug-likeness (QED) is 0.799. The molecule has 21 heavy (non-hydrogen) atoms. The molecule has 2 aromatic heterocycles. The Morgan fingerprint density at radius 3 is 2.86 bits per heavy atom. The summed E-state index contributed by atoms with van der Waals surface area (Å²) in [6.45, 7) is 5.20. The van der Waals surface area contributed by atoms with Crippen molar-refractivity contribution in [3.05, 3.63) is 47.8 Å². The molecule has 2 heterocycles. The Kier molecular flexibility index (Phi) is 3.48. The molecular formula is C16H18N4O. The van der Waals surface area contributed by atoms with E-state index in [1.807, 2.05) is 48.7 Å². The molecule has 0 aliphatic heterocycles. The lowest BCUT2D eigenvalue weighted by Crippen LogP contribution is -2.07. The Hall–Kier alpha value is -2.56. The van der Waals surface area contributed by atoms with Crippen LogP contribution in [-0.2, 0) is 6.54 Å². The molecule has 3 aromatic rings. The van der Waals surface area contributed by atoms with Gasteiger partial charge in [0, 0.05) is 6.20 Å². The minimum absolute atomic E-state index is 0.474. The molecular weight excluding hydrogens is 264 g/mol. The van der Waals surface area contributed by atoms with Crippen molar-refractivity contribution in [2.45, 2.75) is 20.4 Å². The maximum atomic E-state index is 6.08. The fourth-order valence-electron chi connectivity index (χ4n) is 2.41. The Bertz CT molecular complexity index is 779. The van der Waals surface area contributed by atoms with Gasteiger partial charge < -0.3 is 15.0 Å². The number of nitrogen functional groups attached to an aromatic ring is 1. The molecule has 0 radical (unpaired) electrons. The van der Waals surface area contributed by atoms with Crippen molar-refractivity contribution >= 4 is 17.0 Å². The van der Waals surface area contributed by atoms with Crippen LogP contribution in [0.3, 0.4) is 0 Å². The number of imidazole rings is 1. The van der Waals surface area contributed by atoms with Crippen LogP contribution in [0.15, 0.2) is 36.5 Å². The minimum atomic E-state index is 0.474. The van der Waals surface area contributed by atoms with Gasteiger partial charge in [0.25, 0.3) is 0 Å². The highest BCUT2D eigenvalue weighted by molar-refractivity contribution is 5.84. The van der Waals surface area contributed by atoms with Crippen LogP contribution >= 0.6 is 0 Å².